The van der Waals surface area contributed by atoms with Crippen molar-refractivity contribution in [2.45, 2.75) is 30.2 Å². The van der Waals surface area contributed by atoms with Gasteiger partial charge in [-0.05, 0) is 78.7 Å². The summed E-state index contributed by atoms with van der Waals surface area (Å²) >= 11 is 0. The number of amides is 1. The highest BCUT2D eigenvalue weighted by atomic mass is 32.2. The molecular formula is C25H25N5O2S. The molecule has 1 unspecified atom stereocenters. The van der Waals surface area contributed by atoms with Crippen molar-refractivity contribution in [2.75, 3.05) is 5.32 Å². The number of nitrogens with zero attached hydrogens (tertiary/aromatic N) is 2. The van der Waals surface area contributed by atoms with Crippen LogP contribution >= 0.6 is 0 Å². The van der Waals surface area contributed by atoms with E-state index in [1.165, 1.54) is 11.1 Å². The fourth-order valence-corrected chi connectivity index (χ4v) is 5.15. The topological polar surface area (TPSA) is 116 Å². The fraction of sp³-hybridized carbons (Fsp3) is 0.160. The predicted octanol–water partition coefficient (Wildman–Crippen LogP) is 3.75. The number of aryl methyl sites for hydroxylation is 1. The Morgan fingerprint density at radius 3 is 2.61 bits per heavy atom. The van der Waals surface area contributed by atoms with Crippen LogP contribution < -0.4 is 16.2 Å². The molecule has 0 bridgehead atoms. The van der Waals surface area contributed by atoms with Crippen molar-refractivity contribution in [3.05, 3.63) is 83.4 Å². The van der Waals surface area contributed by atoms with Crippen LogP contribution in [0.15, 0.2) is 71.6 Å². The lowest BCUT2D eigenvalue weighted by atomic mass is 9.87. The molecule has 1 aromatic heterocycles. The van der Waals surface area contributed by atoms with E-state index in [1.54, 1.807) is 36.4 Å². The van der Waals surface area contributed by atoms with Crippen LogP contribution in [0.1, 0.15) is 40.4 Å². The van der Waals surface area contributed by atoms with Crippen LogP contribution in [0.3, 0.4) is 0 Å². The number of nitrogens with two attached hydrogens (primary N) is 2. The Kier molecular flexibility index (Phi) is 5.19. The normalized spacial score (nSPS) is 17.3. The Labute approximate surface area is 192 Å². The maximum atomic E-state index is 12.0. The second-order valence-corrected chi connectivity index (χ2v) is 10.3. The van der Waals surface area contributed by atoms with Gasteiger partial charge in [0.1, 0.15) is 0 Å². The first-order valence-corrected chi connectivity index (χ1v) is 12.5. The second kappa shape index (κ2) is 8.06. The smallest absolute Gasteiger partial charge is 0.248 e. The number of carbonyl (C=O) groups is 1. The van der Waals surface area contributed by atoms with E-state index in [-0.39, 0.29) is 6.04 Å². The minimum absolute atomic E-state index is 0.101. The van der Waals surface area contributed by atoms with Crippen LogP contribution in [0.4, 0.5) is 11.6 Å². The first-order valence-electron chi connectivity index (χ1n) is 10.7. The number of primary amides is 1. The summed E-state index contributed by atoms with van der Waals surface area (Å²) in [6.07, 6.45) is 3.10. The van der Waals surface area contributed by atoms with Gasteiger partial charge in [-0.1, -0.05) is 24.3 Å². The van der Waals surface area contributed by atoms with E-state index in [1.807, 2.05) is 6.07 Å². The molecule has 168 valence electrons. The van der Waals surface area contributed by atoms with Crippen molar-refractivity contribution < 1.29 is 9.00 Å². The summed E-state index contributed by atoms with van der Waals surface area (Å²) < 4.78 is 14.2. The Morgan fingerprint density at radius 1 is 1.12 bits per heavy atom. The van der Waals surface area contributed by atoms with Gasteiger partial charge >= 0.3 is 0 Å². The largest absolute Gasteiger partial charge is 0.366 e. The summed E-state index contributed by atoms with van der Waals surface area (Å²) in [5.41, 5.74) is 10.9. The minimum atomic E-state index is -2.78. The van der Waals surface area contributed by atoms with Crippen molar-refractivity contribution in [3.63, 3.8) is 0 Å². The molecule has 2 atom stereocenters. The summed E-state index contributed by atoms with van der Waals surface area (Å²) in [5, 5.41) is 9.06. The second-order valence-electron chi connectivity index (χ2n) is 8.36. The maximum Gasteiger partial charge on any atom is 0.248 e. The number of nitrogens with one attached hydrogen (secondary N) is 1. The molecule has 0 spiro atoms. The Morgan fingerprint density at radius 2 is 1.88 bits per heavy atom. The van der Waals surface area contributed by atoms with Crippen molar-refractivity contribution in [1.29, 1.82) is 0 Å². The summed E-state index contributed by atoms with van der Waals surface area (Å²) in [5.74, 6) is 3.70. The Bertz CT molecular complexity index is 1470. The predicted molar refractivity (Wildman–Crippen MR) is 133 cm³/mol. The van der Waals surface area contributed by atoms with Crippen molar-refractivity contribution in [3.8, 4) is 0 Å². The van der Waals surface area contributed by atoms with E-state index < -0.39 is 15.6 Å². The maximum absolute atomic E-state index is 12.0. The standard InChI is InChI=1S/C25H25N5O2S/c1-33(27,32)19-12-10-18(11-13-19)28-25-29-21-15-17(24(26)31)9-14-23(21)30(25)22-8-4-6-16-5-2-3-7-20(16)22/h2-3,5,7,9-15,22H,1,4,6,8H2,(H2,26,31)(H2,27,32)(H,28,29)/t22-,33?/m1/s1. The number of hydrogen-bond donors (Lipinski definition) is 3. The molecule has 5 rings (SSSR count). The molecule has 33 heavy (non-hydrogen) atoms. The summed E-state index contributed by atoms with van der Waals surface area (Å²) in [6, 6.07) is 21.0. The molecule has 0 saturated carbocycles. The Balaban J connectivity index is 1.64. The van der Waals surface area contributed by atoms with Gasteiger partial charge in [0.25, 0.3) is 0 Å². The Hall–Kier alpha value is -3.62. The molecule has 1 aliphatic carbocycles. The van der Waals surface area contributed by atoms with Gasteiger partial charge in [0.2, 0.25) is 11.9 Å². The summed E-state index contributed by atoms with van der Waals surface area (Å²) in [6.45, 7) is 0. The van der Waals surface area contributed by atoms with Gasteiger partial charge in [-0.2, -0.15) is 0 Å². The highest BCUT2D eigenvalue weighted by Gasteiger charge is 2.26. The zero-order valence-corrected chi connectivity index (χ0v) is 18.8. The zero-order chi connectivity index (χ0) is 23.2. The molecule has 1 heterocycles. The number of fused-ring (bicyclic) bond motifs is 2. The van der Waals surface area contributed by atoms with Gasteiger partial charge in [0.05, 0.1) is 26.8 Å². The van der Waals surface area contributed by atoms with Crippen molar-refractivity contribution in [2.24, 2.45) is 10.9 Å². The third kappa shape index (κ3) is 3.99. The average molecular weight is 460 g/mol. The lowest BCUT2D eigenvalue weighted by Crippen LogP contribution is -2.18. The monoisotopic (exact) mass is 459 g/mol. The van der Waals surface area contributed by atoms with Crippen LogP contribution in [0.25, 0.3) is 11.0 Å². The average Bonchev–Trinajstić information content (AvgIpc) is 3.15. The molecule has 3 aromatic carbocycles. The summed E-state index contributed by atoms with van der Waals surface area (Å²) in [7, 11) is -2.78. The van der Waals surface area contributed by atoms with E-state index in [9.17, 15) is 9.00 Å². The lowest BCUT2D eigenvalue weighted by Gasteiger charge is -2.28. The first kappa shape index (κ1) is 21.2. The van der Waals surface area contributed by atoms with Crippen molar-refractivity contribution in [1.82, 2.24) is 9.55 Å². The number of aromatic nitrogens is 2. The van der Waals surface area contributed by atoms with E-state index in [0.29, 0.717) is 21.9 Å². The number of hydrogen-bond acceptors (Lipinski definition) is 4. The molecule has 1 amide bonds. The first-order chi connectivity index (χ1) is 15.8. The van der Waals surface area contributed by atoms with Gasteiger partial charge < -0.3 is 15.6 Å². The molecule has 0 fully saturated rings. The van der Waals surface area contributed by atoms with Crippen LogP contribution in [-0.2, 0) is 16.1 Å². The highest BCUT2D eigenvalue weighted by Crippen LogP contribution is 2.38. The number of anilines is 2. The van der Waals surface area contributed by atoms with Gasteiger partial charge in [0, 0.05) is 16.1 Å². The summed E-state index contributed by atoms with van der Waals surface area (Å²) in [4.78, 5) is 17.0. The van der Waals surface area contributed by atoms with Crippen LogP contribution in [0.5, 0.6) is 0 Å². The van der Waals surface area contributed by atoms with Crippen LogP contribution in [0.2, 0.25) is 0 Å². The minimum Gasteiger partial charge on any atom is -0.366 e. The highest BCUT2D eigenvalue weighted by molar-refractivity contribution is 7.98. The SMILES string of the molecule is C=S(N)(=O)c1ccc(Nc2nc3cc(C(N)=O)ccc3n2[C@@H]2CCCc3ccccc32)cc1. The molecule has 4 aromatic rings. The molecular weight excluding hydrogens is 434 g/mol. The molecule has 8 heteroatoms. The number of benzene rings is 3. The van der Waals surface area contributed by atoms with Gasteiger partial charge in [-0.25, -0.2) is 9.19 Å². The molecule has 0 saturated heterocycles. The number of imidazole rings is 1. The molecule has 1 aliphatic rings. The quantitative estimate of drug-likeness (QED) is 0.394. The van der Waals surface area contributed by atoms with Gasteiger partial charge in [-0.15, -0.1) is 0 Å². The molecule has 0 radical (unpaired) electrons. The lowest BCUT2D eigenvalue weighted by molar-refractivity contribution is 0.100. The third-order valence-corrected chi connectivity index (χ3v) is 7.20. The van der Waals surface area contributed by atoms with E-state index in [2.05, 4.69) is 40.0 Å². The molecule has 7 nitrogen and oxygen atoms in total. The van der Waals surface area contributed by atoms with Crippen LogP contribution in [0, 0.1) is 0 Å². The van der Waals surface area contributed by atoms with E-state index in [4.69, 9.17) is 15.9 Å². The number of rotatable bonds is 5. The van der Waals surface area contributed by atoms with E-state index in [0.717, 1.165) is 30.5 Å². The van der Waals surface area contributed by atoms with Crippen LogP contribution in [-0.4, -0.2) is 25.5 Å². The van der Waals surface area contributed by atoms with Gasteiger partial charge in [0.15, 0.2) is 0 Å². The molecule has 5 N–H and O–H groups in total. The third-order valence-electron chi connectivity index (χ3n) is 6.13. The van der Waals surface area contributed by atoms with Gasteiger partial charge in [-0.3, -0.25) is 9.93 Å². The number of carbonyl (C=O) groups excluding carboxylic acids is 1. The van der Waals surface area contributed by atoms with E-state index >= 15 is 0 Å². The van der Waals surface area contributed by atoms with Crippen molar-refractivity contribution >= 4 is 44.2 Å². The molecule has 0 aliphatic heterocycles. The fourth-order valence-electron chi connectivity index (χ4n) is 4.55. The zero-order valence-electron chi connectivity index (χ0n) is 18.0.